The summed E-state index contributed by atoms with van der Waals surface area (Å²) in [5, 5.41) is 6.24. The van der Waals surface area contributed by atoms with Crippen molar-refractivity contribution in [2.75, 3.05) is 5.32 Å². The Morgan fingerprint density at radius 2 is 2.43 bits per heavy atom. The Bertz CT molecular complexity index is 394. The molecule has 2 rings (SSSR count). The van der Waals surface area contributed by atoms with Gasteiger partial charge in [-0.25, -0.2) is 4.98 Å². The van der Waals surface area contributed by atoms with Crippen molar-refractivity contribution in [3.63, 3.8) is 0 Å². The molecule has 0 aromatic carbocycles. The van der Waals surface area contributed by atoms with E-state index in [0.29, 0.717) is 0 Å². The molecule has 0 saturated heterocycles. The second-order valence-corrected chi connectivity index (χ2v) is 4.03. The molecule has 0 radical (unpaired) electrons. The fourth-order valence-electron chi connectivity index (χ4n) is 1.21. The summed E-state index contributed by atoms with van der Waals surface area (Å²) in [6, 6.07) is 4.01. The number of aromatic nitrogens is 1. The van der Waals surface area contributed by atoms with Crippen molar-refractivity contribution in [1.82, 2.24) is 4.98 Å². The van der Waals surface area contributed by atoms with Gasteiger partial charge in [-0.1, -0.05) is 0 Å². The summed E-state index contributed by atoms with van der Waals surface area (Å²) in [4.78, 5) is 4.33. The molecule has 0 bridgehead atoms. The van der Waals surface area contributed by atoms with Gasteiger partial charge in [0.25, 0.3) is 0 Å². The first-order valence-electron chi connectivity index (χ1n) is 4.48. The Morgan fingerprint density at radius 3 is 3.00 bits per heavy atom. The van der Waals surface area contributed by atoms with Gasteiger partial charge in [-0.3, -0.25) is 0 Å². The highest BCUT2D eigenvalue weighted by molar-refractivity contribution is 7.13. The molecule has 4 heteroatoms. The van der Waals surface area contributed by atoms with Crippen LogP contribution in [-0.2, 0) is 0 Å². The van der Waals surface area contributed by atoms with E-state index >= 15 is 0 Å². The molecule has 0 fully saturated rings. The molecule has 74 valence electrons. The van der Waals surface area contributed by atoms with Gasteiger partial charge in [-0.05, 0) is 26.0 Å². The van der Waals surface area contributed by atoms with Gasteiger partial charge in [0, 0.05) is 5.38 Å². The minimum absolute atomic E-state index is 0.163. The normalized spacial score (nSPS) is 12.7. The maximum Gasteiger partial charge on any atom is 0.183 e. The Kier molecular flexibility index (Phi) is 2.54. The Hall–Kier alpha value is -1.29. The number of aryl methyl sites for hydroxylation is 1. The fourth-order valence-corrected chi connectivity index (χ4v) is 1.99. The molecule has 0 aliphatic rings. The number of nitrogens with zero attached hydrogens (tertiary/aromatic N) is 1. The third kappa shape index (κ3) is 1.96. The van der Waals surface area contributed by atoms with Crippen molar-refractivity contribution in [3.05, 3.63) is 35.2 Å². The number of hydrogen-bond donors (Lipinski definition) is 1. The molecule has 2 aromatic rings. The maximum absolute atomic E-state index is 5.29. The zero-order chi connectivity index (χ0) is 9.97. The largest absolute Gasteiger partial charge is 0.467 e. The average Bonchev–Trinajstić information content (AvgIpc) is 2.75. The molecular formula is C10H12N2OS. The molecule has 1 N–H and O–H groups in total. The number of anilines is 1. The first-order valence-corrected chi connectivity index (χ1v) is 5.36. The molecule has 0 aliphatic heterocycles. The quantitative estimate of drug-likeness (QED) is 0.841. The molecule has 3 nitrogen and oxygen atoms in total. The van der Waals surface area contributed by atoms with Gasteiger partial charge in [0.15, 0.2) is 5.13 Å². The van der Waals surface area contributed by atoms with Crippen LogP contribution < -0.4 is 5.32 Å². The molecule has 2 heterocycles. The Morgan fingerprint density at radius 1 is 1.57 bits per heavy atom. The lowest BCUT2D eigenvalue weighted by molar-refractivity contribution is 0.490. The number of nitrogens with one attached hydrogen (secondary N) is 1. The zero-order valence-corrected chi connectivity index (χ0v) is 8.97. The Labute approximate surface area is 86.8 Å². The van der Waals surface area contributed by atoms with Crippen LogP contribution in [-0.4, -0.2) is 4.98 Å². The van der Waals surface area contributed by atoms with Crippen LogP contribution in [0.5, 0.6) is 0 Å². The molecule has 1 unspecified atom stereocenters. The molecule has 0 aliphatic carbocycles. The third-order valence-corrected chi connectivity index (χ3v) is 2.82. The number of rotatable bonds is 3. The summed E-state index contributed by atoms with van der Waals surface area (Å²) in [7, 11) is 0. The van der Waals surface area contributed by atoms with E-state index in [1.807, 2.05) is 24.4 Å². The molecule has 1 atom stereocenters. The van der Waals surface area contributed by atoms with Crippen molar-refractivity contribution in [3.8, 4) is 0 Å². The lowest BCUT2D eigenvalue weighted by Gasteiger charge is -2.08. The van der Waals surface area contributed by atoms with Crippen LogP contribution in [0, 0.1) is 6.92 Å². The average molecular weight is 208 g/mol. The summed E-state index contributed by atoms with van der Waals surface area (Å²) in [5.74, 6) is 0.929. The van der Waals surface area contributed by atoms with Gasteiger partial charge in [0.1, 0.15) is 5.76 Å². The Balaban J connectivity index is 2.05. The van der Waals surface area contributed by atoms with Gasteiger partial charge in [0.05, 0.1) is 18.0 Å². The first kappa shape index (κ1) is 9.27. The van der Waals surface area contributed by atoms with Crippen LogP contribution in [0.4, 0.5) is 5.13 Å². The SMILES string of the molecule is Cc1csc(NC(C)c2ccco2)n1. The molecular weight excluding hydrogens is 196 g/mol. The zero-order valence-electron chi connectivity index (χ0n) is 8.15. The van der Waals surface area contributed by atoms with Crippen LogP contribution in [0.2, 0.25) is 0 Å². The van der Waals surface area contributed by atoms with E-state index in [1.54, 1.807) is 17.6 Å². The fraction of sp³-hybridized carbons (Fsp3) is 0.300. The van der Waals surface area contributed by atoms with Gasteiger partial charge < -0.3 is 9.73 Å². The monoisotopic (exact) mass is 208 g/mol. The molecule has 2 aromatic heterocycles. The van der Waals surface area contributed by atoms with Crippen LogP contribution in [0.1, 0.15) is 24.4 Å². The van der Waals surface area contributed by atoms with E-state index in [9.17, 15) is 0 Å². The van der Waals surface area contributed by atoms with Crippen molar-refractivity contribution < 1.29 is 4.42 Å². The van der Waals surface area contributed by atoms with E-state index in [1.165, 1.54) is 0 Å². The van der Waals surface area contributed by atoms with E-state index in [0.717, 1.165) is 16.6 Å². The highest BCUT2D eigenvalue weighted by Gasteiger charge is 2.09. The van der Waals surface area contributed by atoms with Crippen molar-refractivity contribution in [2.45, 2.75) is 19.9 Å². The van der Waals surface area contributed by atoms with Crippen LogP contribution in [0.3, 0.4) is 0 Å². The van der Waals surface area contributed by atoms with E-state index in [4.69, 9.17) is 4.42 Å². The standard InChI is InChI=1S/C10H12N2OS/c1-7-6-14-10(11-7)12-8(2)9-4-3-5-13-9/h3-6,8H,1-2H3,(H,11,12). The van der Waals surface area contributed by atoms with E-state index < -0.39 is 0 Å². The molecule has 0 saturated carbocycles. The third-order valence-electron chi connectivity index (χ3n) is 1.93. The lowest BCUT2D eigenvalue weighted by Crippen LogP contribution is -2.04. The molecule has 0 amide bonds. The van der Waals surface area contributed by atoms with E-state index in [2.05, 4.69) is 17.2 Å². The van der Waals surface area contributed by atoms with Crippen LogP contribution in [0.25, 0.3) is 0 Å². The maximum atomic E-state index is 5.29. The molecule has 14 heavy (non-hydrogen) atoms. The molecule has 0 spiro atoms. The van der Waals surface area contributed by atoms with Crippen LogP contribution >= 0.6 is 11.3 Å². The van der Waals surface area contributed by atoms with Gasteiger partial charge >= 0.3 is 0 Å². The van der Waals surface area contributed by atoms with Gasteiger partial charge in [0.2, 0.25) is 0 Å². The smallest absolute Gasteiger partial charge is 0.183 e. The summed E-state index contributed by atoms with van der Waals surface area (Å²) in [6.45, 7) is 4.04. The highest BCUT2D eigenvalue weighted by Crippen LogP contribution is 2.22. The highest BCUT2D eigenvalue weighted by atomic mass is 32.1. The topological polar surface area (TPSA) is 38.1 Å². The predicted molar refractivity (Wildman–Crippen MR) is 57.6 cm³/mol. The summed E-state index contributed by atoms with van der Waals surface area (Å²) in [5.41, 5.74) is 1.05. The van der Waals surface area contributed by atoms with Crippen LogP contribution in [0.15, 0.2) is 28.2 Å². The first-order chi connectivity index (χ1) is 6.75. The second kappa shape index (κ2) is 3.84. The summed E-state index contributed by atoms with van der Waals surface area (Å²) >= 11 is 1.61. The minimum atomic E-state index is 0.163. The van der Waals surface area contributed by atoms with Gasteiger partial charge in [-0.2, -0.15) is 0 Å². The van der Waals surface area contributed by atoms with Crippen molar-refractivity contribution in [2.24, 2.45) is 0 Å². The van der Waals surface area contributed by atoms with Crippen molar-refractivity contribution in [1.29, 1.82) is 0 Å². The number of thiazole rings is 1. The minimum Gasteiger partial charge on any atom is -0.467 e. The number of hydrogen-bond acceptors (Lipinski definition) is 4. The number of furan rings is 1. The lowest BCUT2D eigenvalue weighted by atomic mass is 10.3. The predicted octanol–water partition coefficient (Wildman–Crippen LogP) is 3.22. The van der Waals surface area contributed by atoms with Gasteiger partial charge in [-0.15, -0.1) is 11.3 Å². The summed E-state index contributed by atoms with van der Waals surface area (Å²) in [6.07, 6.45) is 1.68. The summed E-state index contributed by atoms with van der Waals surface area (Å²) < 4.78 is 5.29. The second-order valence-electron chi connectivity index (χ2n) is 3.18. The van der Waals surface area contributed by atoms with E-state index in [-0.39, 0.29) is 6.04 Å². The van der Waals surface area contributed by atoms with Crippen molar-refractivity contribution >= 4 is 16.5 Å².